The van der Waals surface area contributed by atoms with Gasteiger partial charge in [0.05, 0.1) is 13.7 Å². The fraction of sp³-hybridized carbons (Fsp3) is 0.400. The molecule has 47 heavy (non-hydrogen) atoms. The lowest BCUT2D eigenvalue weighted by molar-refractivity contribution is -0.136. The number of rotatable bonds is 5. The number of carbonyl (C=O) groups is 4. The summed E-state index contributed by atoms with van der Waals surface area (Å²) in [6, 6.07) is 17.0. The van der Waals surface area contributed by atoms with Crippen molar-refractivity contribution < 1.29 is 23.9 Å². The lowest BCUT2D eigenvalue weighted by atomic mass is 9.91. The first-order chi connectivity index (χ1) is 22.8. The Kier molecular flexibility index (Phi) is 9.55. The summed E-state index contributed by atoms with van der Waals surface area (Å²) in [4.78, 5) is 60.5. The highest BCUT2D eigenvalue weighted by Crippen LogP contribution is 2.25. The second-order valence-electron chi connectivity index (χ2n) is 12.2. The maximum Gasteiger partial charge on any atom is 0.272 e. The summed E-state index contributed by atoms with van der Waals surface area (Å²) in [6.45, 7) is 1.08. The second-order valence-corrected chi connectivity index (χ2v) is 12.2. The van der Waals surface area contributed by atoms with Gasteiger partial charge >= 0.3 is 0 Å². The Hall–Kier alpha value is -5.13. The highest BCUT2D eigenvalue weighted by molar-refractivity contribution is 5.98. The number of aromatic amines is 1. The predicted molar refractivity (Wildman–Crippen MR) is 176 cm³/mol. The molecule has 1 unspecified atom stereocenters. The van der Waals surface area contributed by atoms with E-state index in [1.807, 2.05) is 55.6 Å². The number of amides is 4. The molecule has 0 saturated heterocycles. The molecular weight excluding hydrogens is 598 g/mol. The molecule has 2 aromatic heterocycles. The lowest BCUT2D eigenvalue weighted by Gasteiger charge is -2.27. The van der Waals surface area contributed by atoms with Gasteiger partial charge in [-0.1, -0.05) is 30.3 Å². The highest BCUT2D eigenvalue weighted by Gasteiger charge is 2.30. The van der Waals surface area contributed by atoms with Gasteiger partial charge in [0.1, 0.15) is 11.4 Å². The molecular formula is C35H41N7O5. The molecule has 1 aliphatic carbocycles. The molecule has 12 nitrogen and oxygen atoms in total. The van der Waals surface area contributed by atoms with E-state index in [0.717, 1.165) is 34.1 Å². The molecule has 3 heterocycles. The number of aromatic nitrogens is 3. The topological polar surface area (TPSA) is 142 Å². The minimum absolute atomic E-state index is 0.0589. The molecule has 6 rings (SSSR count). The van der Waals surface area contributed by atoms with Gasteiger partial charge in [0.15, 0.2) is 5.69 Å². The molecule has 1 atom stereocenters. The largest absolute Gasteiger partial charge is 0.497 e. The van der Waals surface area contributed by atoms with Crippen LogP contribution >= 0.6 is 0 Å². The molecule has 1 aliphatic heterocycles. The number of hydrogen-bond acceptors (Lipinski definition) is 6. The second kappa shape index (κ2) is 14.1. The van der Waals surface area contributed by atoms with Crippen molar-refractivity contribution in [2.45, 2.75) is 44.6 Å². The maximum atomic E-state index is 13.8. The van der Waals surface area contributed by atoms with Crippen LogP contribution < -0.4 is 15.4 Å². The van der Waals surface area contributed by atoms with Crippen molar-refractivity contribution in [1.82, 2.24) is 35.2 Å². The Morgan fingerprint density at radius 3 is 2.68 bits per heavy atom. The van der Waals surface area contributed by atoms with Crippen molar-refractivity contribution in [2.24, 2.45) is 7.05 Å². The normalized spacial score (nSPS) is 18.1. The molecule has 2 bridgehead atoms. The summed E-state index contributed by atoms with van der Waals surface area (Å²) in [5.41, 5.74) is 4.43. The van der Waals surface area contributed by atoms with Crippen LogP contribution in [0.15, 0.2) is 54.6 Å². The fourth-order valence-electron chi connectivity index (χ4n) is 6.55. The van der Waals surface area contributed by atoms with Crippen molar-refractivity contribution in [1.29, 1.82) is 0 Å². The number of nitrogens with one attached hydrogen (secondary N) is 3. The zero-order valence-electron chi connectivity index (χ0n) is 26.9. The maximum absolute atomic E-state index is 13.8. The van der Waals surface area contributed by atoms with Crippen molar-refractivity contribution in [3.05, 3.63) is 82.8 Å². The number of fused-ring (bicyclic) bond motifs is 2. The van der Waals surface area contributed by atoms with Crippen LogP contribution in [0, 0.1) is 0 Å². The van der Waals surface area contributed by atoms with E-state index in [1.54, 1.807) is 27.7 Å². The Morgan fingerprint density at radius 2 is 1.87 bits per heavy atom. The molecule has 0 saturated carbocycles. The molecule has 246 valence electrons. The molecule has 2 aromatic carbocycles. The number of nitrogens with zero attached hydrogens (tertiary/aromatic N) is 4. The summed E-state index contributed by atoms with van der Waals surface area (Å²) in [6.07, 6.45) is 3.05. The van der Waals surface area contributed by atoms with Crippen LogP contribution in [0.1, 0.15) is 57.1 Å². The standard InChI is InChI=1S/C35H41N7O5/c1-40-30-13-10-25-21-27(30)33(39-40)34(45)36-15-18-41(35(46)29-20-24-19-26(47-2)11-12-28(24)38-29)16-6-9-32(44)42(22-31(43)37-25)17-14-23-7-4-3-5-8-23/h3-5,7-8,11-12,19-20,25,38H,6,9-10,13-18,21-22H2,1-2H3,(H,36,45)(H,37,43). The van der Waals surface area contributed by atoms with Crippen molar-refractivity contribution in [3.63, 3.8) is 0 Å². The van der Waals surface area contributed by atoms with Gasteiger partial charge in [-0.3, -0.25) is 23.9 Å². The number of aryl methyl sites for hydroxylation is 1. The van der Waals surface area contributed by atoms with Gasteiger partial charge in [0, 0.05) is 67.8 Å². The predicted octanol–water partition coefficient (Wildman–Crippen LogP) is 2.62. The van der Waals surface area contributed by atoms with Gasteiger partial charge in [-0.05, 0) is 61.9 Å². The minimum Gasteiger partial charge on any atom is -0.497 e. The van der Waals surface area contributed by atoms with E-state index in [4.69, 9.17) is 4.74 Å². The van der Waals surface area contributed by atoms with Crippen molar-refractivity contribution in [2.75, 3.05) is 39.8 Å². The molecule has 0 fully saturated rings. The first-order valence-corrected chi connectivity index (χ1v) is 16.2. The molecule has 12 heteroatoms. The molecule has 2 aliphatic rings. The Labute approximate surface area is 273 Å². The summed E-state index contributed by atoms with van der Waals surface area (Å²) < 4.78 is 7.08. The van der Waals surface area contributed by atoms with Gasteiger partial charge in [-0.25, -0.2) is 0 Å². The number of H-pyrrole nitrogens is 1. The van der Waals surface area contributed by atoms with Gasteiger partial charge in [-0.2, -0.15) is 5.10 Å². The van der Waals surface area contributed by atoms with Crippen LogP contribution in [0.25, 0.3) is 10.9 Å². The van der Waals surface area contributed by atoms with Gasteiger partial charge in [0.25, 0.3) is 11.8 Å². The van der Waals surface area contributed by atoms with Gasteiger partial charge in [-0.15, -0.1) is 0 Å². The van der Waals surface area contributed by atoms with Crippen LogP contribution in [0.5, 0.6) is 5.75 Å². The first kappa shape index (κ1) is 31.8. The van der Waals surface area contributed by atoms with E-state index < -0.39 is 0 Å². The molecule has 3 N–H and O–H groups in total. The number of benzene rings is 2. The third-order valence-electron chi connectivity index (χ3n) is 9.07. The zero-order chi connectivity index (χ0) is 32.9. The van der Waals surface area contributed by atoms with E-state index in [-0.39, 0.29) is 55.7 Å². The quantitative estimate of drug-likeness (QED) is 0.307. The number of methoxy groups -OCH3 is 1. The van der Waals surface area contributed by atoms with E-state index in [0.29, 0.717) is 55.9 Å². The van der Waals surface area contributed by atoms with Gasteiger partial charge < -0.3 is 30.2 Å². The molecule has 0 spiro atoms. The summed E-state index contributed by atoms with van der Waals surface area (Å²) >= 11 is 0. The average Bonchev–Trinajstić information content (AvgIpc) is 3.65. The van der Waals surface area contributed by atoms with E-state index in [2.05, 4.69) is 20.7 Å². The smallest absolute Gasteiger partial charge is 0.272 e. The molecule has 4 aromatic rings. The monoisotopic (exact) mass is 639 g/mol. The van der Waals surface area contributed by atoms with Crippen LogP contribution in [-0.4, -0.2) is 94.1 Å². The minimum atomic E-state index is -0.314. The number of carbonyl (C=O) groups excluding carboxylic acids is 4. The van der Waals surface area contributed by atoms with Crippen LogP contribution in [-0.2, 0) is 35.9 Å². The van der Waals surface area contributed by atoms with Crippen LogP contribution in [0.2, 0.25) is 0 Å². The summed E-state index contributed by atoms with van der Waals surface area (Å²) in [5.74, 6) is -0.236. The Balaban J connectivity index is 1.25. The van der Waals surface area contributed by atoms with Crippen molar-refractivity contribution >= 4 is 34.5 Å². The van der Waals surface area contributed by atoms with E-state index >= 15 is 0 Å². The Morgan fingerprint density at radius 1 is 1.04 bits per heavy atom. The Bertz CT molecular complexity index is 1780. The van der Waals surface area contributed by atoms with E-state index in [9.17, 15) is 19.2 Å². The summed E-state index contributed by atoms with van der Waals surface area (Å²) in [7, 11) is 3.42. The molecule has 4 amide bonds. The van der Waals surface area contributed by atoms with Crippen molar-refractivity contribution in [3.8, 4) is 5.75 Å². The highest BCUT2D eigenvalue weighted by atomic mass is 16.5. The SMILES string of the molecule is COc1ccc2[nH]c(C(=O)N3CCCC(=O)N(CCc4ccccc4)CC(=O)NC4CCc5c(c(nn5C)C(=O)NCC3)C4)cc2c1. The first-order valence-electron chi connectivity index (χ1n) is 16.2. The third-order valence-corrected chi connectivity index (χ3v) is 9.07. The van der Waals surface area contributed by atoms with Crippen LogP contribution in [0.3, 0.4) is 0 Å². The number of hydrogen-bond donors (Lipinski definition) is 3. The van der Waals surface area contributed by atoms with Crippen LogP contribution in [0.4, 0.5) is 0 Å². The average molecular weight is 640 g/mol. The number of ether oxygens (including phenoxy) is 1. The third kappa shape index (κ3) is 7.32. The van der Waals surface area contributed by atoms with Gasteiger partial charge in [0.2, 0.25) is 11.8 Å². The van der Waals surface area contributed by atoms with E-state index in [1.165, 1.54) is 0 Å². The lowest BCUT2D eigenvalue weighted by Crippen LogP contribution is -2.46. The molecule has 0 radical (unpaired) electrons. The zero-order valence-corrected chi connectivity index (χ0v) is 26.9. The fourth-order valence-corrected chi connectivity index (χ4v) is 6.55. The summed E-state index contributed by atoms with van der Waals surface area (Å²) in [5, 5.41) is 11.4.